The molecule has 0 radical (unpaired) electrons. The van der Waals surface area contributed by atoms with Gasteiger partial charge in [-0.1, -0.05) is 0 Å². The molecule has 30 heavy (non-hydrogen) atoms. The van der Waals surface area contributed by atoms with Crippen LogP contribution in [-0.4, -0.2) is 39.9 Å². The van der Waals surface area contributed by atoms with Gasteiger partial charge < -0.3 is 10.6 Å². The number of aromatic nitrogens is 3. The first-order valence-corrected chi connectivity index (χ1v) is 10.4. The highest BCUT2D eigenvalue weighted by Gasteiger charge is 2.31. The molecule has 2 amide bonds. The van der Waals surface area contributed by atoms with Crippen molar-refractivity contribution < 1.29 is 9.18 Å². The zero-order valence-corrected chi connectivity index (χ0v) is 17.2. The number of hydrogen-bond donors (Lipinski definition) is 2. The molecule has 7 nitrogen and oxygen atoms in total. The summed E-state index contributed by atoms with van der Waals surface area (Å²) in [7, 11) is 1.78. The van der Waals surface area contributed by atoms with E-state index in [-0.39, 0.29) is 11.7 Å². The third-order valence-electron chi connectivity index (χ3n) is 6.17. The first-order valence-electron chi connectivity index (χ1n) is 10.4. The highest BCUT2D eigenvalue weighted by Crippen LogP contribution is 2.37. The number of halogens is 1. The molecule has 4 heterocycles. The highest BCUT2D eigenvalue weighted by molar-refractivity contribution is 6.03. The van der Waals surface area contributed by atoms with Crippen molar-refractivity contribution in [2.45, 2.75) is 38.1 Å². The molecule has 1 saturated heterocycles. The Bertz CT molecular complexity index is 1130. The Balaban J connectivity index is 1.40. The van der Waals surface area contributed by atoms with Crippen molar-refractivity contribution in [1.29, 1.82) is 0 Å². The smallest absolute Gasteiger partial charge is 0.314 e. The molecule has 156 valence electrons. The molecule has 0 aliphatic carbocycles. The third kappa shape index (κ3) is 3.31. The lowest BCUT2D eigenvalue weighted by Crippen LogP contribution is -2.35. The van der Waals surface area contributed by atoms with E-state index in [0.29, 0.717) is 29.8 Å². The summed E-state index contributed by atoms with van der Waals surface area (Å²) in [5.74, 6) is 0.671. The number of aryl methyl sites for hydroxylation is 1. The van der Waals surface area contributed by atoms with E-state index in [9.17, 15) is 9.18 Å². The topological polar surface area (TPSA) is 75.1 Å². The lowest BCUT2D eigenvalue weighted by molar-refractivity contribution is 0.257. The van der Waals surface area contributed by atoms with Crippen LogP contribution in [0.4, 0.5) is 20.7 Å². The van der Waals surface area contributed by atoms with Crippen molar-refractivity contribution in [2.75, 3.05) is 23.3 Å². The Labute approximate surface area is 174 Å². The Kier molecular flexibility index (Phi) is 4.66. The minimum atomic E-state index is -0.501. The Hall–Kier alpha value is -3.00. The van der Waals surface area contributed by atoms with E-state index >= 15 is 0 Å². The molecular weight excluding hydrogens is 383 g/mol. The molecule has 2 aliphatic heterocycles. The molecule has 2 N–H and O–H groups in total. The molecule has 2 atom stereocenters. The van der Waals surface area contributed by atoms with Gasteiger partial charge in [0.25, 0.3) is 0 Å². The number of rotatable bonds is 2. The van der Waals surface area contributed by atoms with Gasteiger partial charge in [-0.15, -0.1) is 0 Å². The van der Waals surface area contributed by atoms with Crippen molar-refractivity contribution in [3.05, 3.63) is 47.5 Å². The van der Waals surface area contributed by atoms with E-state index in [2.05, 4.69) is 33.7 Å². The molecule has 1 unspecified atom stereocenters. The summed E-state index contributed by atoms with van der Waals surface area (Å²) in [6.45, 7) is 3.76. The number of nitrogens with zero attached hydrogens (tertiary/aromatic N) is 4. The van der Waals surface area contributed by atoms with Gasteiger partial charge in [-0.2, -0.15) is 5.10 Å². The van der Waals surface area contributed by atoms with E-state index in [1.807, 2.05) is 0 Å². The number of benzene rings is 1. The average Bonchev–Trinajstić information content (AvgIpc) is 3.30. The number of hydrogen-bond acceptors (Lipinski definition) is 4. The zero-order valence-electron chi connectivity index (χ0n) is 17.2. The molecule has 3 aromatic rings. The monoisotopic (exact) mass is 408 g/mol. The van der Waals surface area contributed by atoms with E-state index < -0.39 is 5.82 Å². The van der Waals surface area contributed by atoms with Gasteiger partial charge in [0, 0.05) is 49.0 Å². The number of carbonyl (C=O) groups is 1. The maximum atomic E-state index is 14.5. The lowest BCUT2D eigenvalue weighted by Gasteiger charge is -2.29. The van der Waals surface area contributed by atoms with Gasteiger partial charge in [-0.05, 0) is 56.3 Å². The zero-order chi connectivity index (χ0) is 20.8. The summed E-state index contributed by atoms with van der Waals surface area (Å²) >= 11 is 0. The van der Waals surface area contributed by atoms with Crippen molar-refractivity contribution in [2.24, 2.45) is 7.05 Å². The average molecular weight is 408 g/mol. The minimum Gasteiger partial charge on any atom is -0.314 e. The molecule has 5 rings (SSSR count). The minimum absolute atomic E-state index is 0.150. The maximum Gasteiger partial charge on any atom is 0.327 e. The third-order valence-corrected chi connectivity index (χ3v) is 6.17. The van der Waals surface area contributed by atoms with Gasteiger partial charge in [0.15, 0.2) is 0 Å². The van der Waals surface area contributed by atoms with Gasteiger partial charge in [-0.3, -0.25) is 9.58 Å². The van der Waals surface area contributed by atoms with Crippen LogP contribution in [0.1, 0.15) is 36.8 Å². The number of anilines is 2. The second kappa shape index (κ2) is 7.36. The largest absolute Gasteiger partial charge is 0.327 e. The van der Waals surface area contributed by atoms with Crippen LogP contribution in [0.2, 0.25) is 0 Å². The van der Waals surface area contributed by atoms with Gasteiger partial charge >= 0.3 is 6.03 Å². The molecule has 8 heteroatoms. The maximum absolute atomic E-state index is 14.5. The van der Waals surface area contributed by atoms with E-state index in [1.165, 1.54) is 11.6 Å². The summed E-state index contributed by atoms with van der Waals surface area (Å²) in [5.41, 5.74) is 3.15. The first kappa shape index (κ1) is 19.0. The number of piperidine rings is 1. The molecular formula is C22H25FN6O. The predicted molar refractivity (Wildman–Crippen MR) is 114 cm³/mol. The van der Waals surface area contributed by atoms with Crippen LogP contribution in [0.15, 0.2) is 30.6 Å². The number of fused-ring (bicyclic) bond motifs is 2. The molecule has 0 bridgehead atoms. The second-order valence-electron chi connectivity index (χ2n) is 8.30. The number of pyridine rings is 1. The van der Waals surface area contributed by atoms with Crippen molar-refractivity contribution in [1.82, 2.24) is 20.1 Å². The van der Waals surface area contributed by atoms with Gasteiger partial charge in [-0.25, -0.2) is 14.2 Å². The molecule has 2 aliphatic rings. The Morgan fingerprint density at radius 2 is 2.23 bits per heavy atom. The van der Waals surface area contributed by atoms with Crippen LogP contribution in [0, 0.1) is 5.82 Å². The van der Waals surface area contributed by atoms with Crippen LogP contribution < -0.4 is 15.5 Å². The van der Waals surface area contributed by atoms with Crippen LogP contribution >= 0.6 is 0 Å². The lowest BCUT2D eigenvalue weighted by atomic mass is 9.84. The summed E-state index contributed by atoms with van der Waals surface area (Å²) in [4.78, 5) is 19.1. The van der Waals surface area contributed by atoms with Crippen molar-refractivity contribution in [3.8, 4) is 0 Å². The normalized spacial score (nSPS) is 21.1. The van der Waals surface area contributed by atoms with Gasteiger partial charge in [0.2, 0.25) is 0 Å². The molecule has 0 saturated carbocycles. The van der Waals surface area contributed by atoms with Gasteiger partial charge in [0.05, 0.1) is 11.2 Å². The molecule has 1 aromatic carbocycles. The standard InChI is InChI=1S/C22H25FN6O/c1-13-9-14(3-6-24-13)16-4-7-25-21-17(16)5-8-29(21)22(30)26-20-10-15-12-28(2)27-19(15)11-18(20)23/h4,7,10-14,24H,3,5-6,8-9H2,1-2H3,(H,26,30)/t13-,14?/m0/s1. The summed E-state index contributed by atoms with van der Waals surface area (Å²) in [6.07, 6.45) is 6.52. The predicted octanol–water partition coefficient (Wildman–Crippen LogP) is 3.56. The van der Waals surface area contributed by atoms with E-state index in [4.69, 9.17) is 0 Å². The Morgan fingerprint density at radius 1 is 1.37 bits per heavy atom. The fourth-order valence-electron chi connectivity index (χ4n) is 4.76. The van der Waals surface area contributed by atoms with Crippen LogP contribution in [0.5, 0.6) is 0 Å². The summed E-state index contributed by atoms with van der Waals surface area (Å²) < 4.78 is 16.1. The second-order valence-corrected chi connectivity index (χ2v) is 8.30. The molecule has 1 fully saturated rings. The van der Waals surface area contributed by atoms with Crippen LogP contribution in [-0.2, 0) is 13.5 Å². The molecule has 0 spiro atoms. The van der Waals surface area contributed by atoms with Gasteiger partial charge in [0.1, 0.15) is 11.6 Å². The summed E-state index contributed by atoms with van der Waals surface area (Å²) in [5, 5.41) is 11.2. The van der Waals surface area contributed by atoms with Crippen LogP contribution in [0.3, 0.4) is 0 Å². The number of urea groups is 1. The van der Waals surface area contributed by atoms with Crippen LogP contribution in [0.25, 0.3) is 10.9 Å². The van der Waals surface area contributed by atoms with E-state index in [0.717, 1.165) is 36.8 Å². The number of carbonyl (C=O) groups excluding carboxylic acids is 1. The Morgan fingerprint density at radius 3 is 3.07 bits per heavy atom. The fourth-order valence-corrected chi connectivity index (χ4v) is 4.76. The highest BCUT2D eigenvalue weighted by atomic mass is 19.1. The molecule has 2 aromatic heterocycles. The SMILES string of the molecule is C[C@H]1CC(c2ccnc3c2CCN3C(=O)Nc2cc3cn(C)nc3cc2F)CCN1. The quantitative estimate of drug-likeness (QED) is 0.680. The van der Waals surface area contributed by atoms with Crippen molar-refractivity contribution >= 4 is 28.4 Å². The fraction of sp³-hybridized carbons (Fsp3) is 0.409. The first-order chi connectivity index (χ1) is 14.5. The summed E-state index contributed by atoms with van der Waals surface area (Å²) in [6, 6.07) is 5.18. The van der Waals surface area contributed by atoms with E-state index in [1.54, 1.807) is 35.1 Å². The number of amides is 2. The van der Waals surface area contributed by atoms with Crippen molar-refractivity contribution in [3.63, 3.8) is 0 Å². The number of nitrogens with one attached hydrogen (secondary N) is 2.